The van der Waals surface area contributed by atoms with Gasteiger partial charge in [-0.2, -0.15) is 0 Å². The summed E-state index contributed by atoms with van der Waals surface area (Å²) in [5.41, 5.74) is 2.86. The van der Waals surface area contributed by atoms with Crippen LogP contribution in [0.5, 0.6) is 0 Å². The predicted octanol–water partition coefficient (Wildman–Crippen LogP) is 3.11. The highest BCUT2D eigenvalue weighted by atomic mass is 35.5. The maximum atomic E-state index is 12.1. The summed E-state index contributed by atoms with van der Waals surface area (Å²) in [5.74, 6) is 0.416. The Labute approximate surface area is 151 Å². The molecule has 128 valence electrons. The molecule has 0 saturated carbocycles. The third kappa shape index (κ3) is 2.81. The van der Waals surface area contributed by atoms with E-state index in [0.29, 0.717) is 29.4 Å². The number of aryl methyl sites for hydroxylation is 1. The maximum absolute atomic E-state index is 12.1. The molecule has 1 N–H and O–H groups in total. The molecule has 4 rings (SSSR count). The highest BCUT2D eigenvalue weighted by Gasteiger charge is 2.29. The van der Waals surface area contributed by atoms with Gasteiger partial charge < -0.3 is 4.57 Å². The number of hydrogen-bond acceptors (Lipinski definition) is 3. The van der Waals surface area contributed by atoms with Gasteiger partial charge in [0.25, 0.3) is 10.0 Å². The Morgan fingerprint density at radius 2 is 2.00 bits per heavy atom. The zero-order chi connectivity index (χ0) is 17.6. The molecule has 0 fully saturated rings. The van der Waals surface area contributed by atoms with Gasteiger partial charge >= 0.3 is 0 Å². The second-order valence-corrected chi connectivity index (χ2v) is 8.10. The Morgan fingerprint density at radius 3 is 2.84 bits per heavy atom. The number of nitrogens with one attached hydrogen (secondary N) is 1. The van der Waals surface area contributed by atoms with Crippen LogP contribution < -0.4 is 4.72 Å². The first kappa shape index (κ1) is 16.2. The highest BCUT2D eigenvalue weighted by Crippen LogP contribution is 2.25. The Hall–Kier alpha value is -2.31. The zero-order valence-corrected chi connectivity index (χ0v) is 15.1. The van der Waals surface area contributed by atoms with Crippen molar-refractivity contribution in [3.63, 3.8) is 0 Å². The molecule has 3 aromatic rings. The Bertz CT molecular complexity index is 1120. The second-order valence-electron chi connectivity index (χ2n) is 6.01. The minimum absolute atomic E-state index is 0.286. The normalized spacial score (nSPS) is 17.0. The number of sulfonamides is 1. The number of fused-ring (bicyclic) bond motifs is 2. The molecule has 0 amide bonds. The lowest BCUT2D eigenvalue weighted by molar-refractivity contribution is 0.595. The van der Waals surface area contributed by atoms with E-state index in [2.05, 4.69) is 15.9 Å². The monoisotopic (exact) mass is 373 g/mol. The molecule has 2 heterocycles. The smallest absolute Gasteiger partial charge is 0.263 e. The van der Waals surface area contributed by atoms with Gasteiger partial charge in [-0.3, -0.25) is 9.71 Å². The molecule has 7 heteroatoms. The summed E-state index contributed by atoms with van der Waals surface area (Å²) in [6.45, 7) is 0.494. The van der Waals surface area contributed by atoms with Crippen LogP contribution >= 0.6 is 11.6 Å². The molecule has 1 aliphatic heterocycles. The van der Waals surface area contributed by atoms with Crippen molar-refractivity contribution in [3.05, 3.63) is 64.8 Å². The van der Waals surface area contributed by atoms with Crippen LogP contribution in [-0.2, 0) is 23.5 Å². The minimum Gasteiger partial charge on any atom is -0.350 e. The fourth-order valence-corrected chi connectivity index (χ4v) is 4.60. The fraction of sp³-hybridized carbons (Fsp3) is 0.167. The molecule has 2 aromatic carbocycles. The maximum Gasteiger partial charge on any atom is 0.263 e. The topological polar surface area (TPSA) is 63.5 Å². The van der Waals surface area contributed by atoms with Crippen molar-refractivity contribution in [2.24, 2.45) is 12.0 Å². The highest BCUT2D eigenvalue weighted by molar-refractivity contribution is 7.90. The number of rotatable bonds is 3. The standard InChI is InChI=1S/C18H16ClN3O2S/c1-22-11-12(14-7-6-13(19)10-16(14)22)8-9-20-18-15-4-2-3-5-17(15)25(23,24)21-18/h2-7,10-11H,8-9H2,1H3,(H,20,21). The van der Waals surface area contributed by atoms with Crippen molar-refractivity contribution < 1.29 is 8.42 Å². The predicted molar refractivity (Wildman–Crippen MR) is 99.8 cm³/mol. The van der Waals surface area contributed by atoms with Gasteiger partial charge in [-0.25, -0.2) is 8.42 Å². The third-order valence-corrected chi connectivity index (χ3v) is 5.98. The van der Waals surface area contributed by atoms with E-state index in [1.165, 1.54) is 0 Å². The number of aromatic nitrogens is 1. The molecule has 0 spiro atoms. The Balaban J connectivity index is 1.61. The van der Waals surface area contributed by atoms with Crippen molar-refractivity contribution >= 4 is 38.4 Å². The summed E-state index contributed by atoms with van der Waals surface area (Å²) in [7, 11) is -1.50. The van der Waals surface area contributed by atoms with Crippen LogP contribution in [0.1, 0.15) is 11.1 Å². The number of nitrogens with zero attached hydrogens (tertiary/aromatic N) is 2. The first-order chi connectivity index (χ1) is 12.0. The zero-order valence-electron chi connectivity index (χ0n) is 13.5. The van der Waals surface area contributed by atoms with Crippen LogP contribution in [0.4, 0.5) is 0 Å². The summed E-state index contributed by atoms with van der Waals surface area (Å²) in [5, 5.41) is 1.84. The van der Waals surface area contributed by atoms with Gasteiger partial charge in [-0.05, 0) is 36.2 Å². The SMILES string of the molecule is Cn1cc(CCN=C2NS(=O)(=O)c3ccccc32)c2ccc(Cl)cc21. The molecule has 1 aliphatic rings. The molecule has 0 radical (unpaired) electrons. The molecule has 0 bridgehead atoms. The average Bonchev–Trinajstić information content (AvgIpc) is 3.03. The van der Waals surface area contributed by atoms with Crippen LogP contribution in [0.15, 0.2) is 58.5 Å². The van der Waals surface area contributed by atoms with Crippen LogP contribution in [0, 0.1) is 0 Å². The van der Waals surface area contributed by atoms with Crippen molar-refractivity contribution in [2.75, 3.05) is 6.54 Å². The Morgan fingerprint density at radius 1 is 1.20 bits per heavy atom. The lowest BCUT2D eigenvalue weighted by atomic mass is 10.1. The van der Waals surface area contributed by atoms with Gasteiger partial charge in [-0.15, -0.1) is 0 Å². The van der Waals surface area contributed by atoms with Crippen LogP contribution in [-0.4, -0.2) is 25.4 Å². The summed E-state index contributed by atoms with van der Waals surface area (Å²) in [6.07, 6.45) is 2.78. The number of amidine groups is 1. The molecule has 0 unspecified atom stereocenters. The summed E-state index contributed by atoms with van der Waals surface area (Å²) in [4.78, 5) is 4.77. The summed E-state index contributed by atoms with van der Waals surface area (Å²) in [6, 6.07) is 12.7. The first-order valence-electron chi connectivity index (χ1n) is 7.86. The van der Waals surface area contributed by atoms with Crippen molar-refractivity contribution in [2.45, 2.75) is 11.3 Å². The Kier molecular flexibility index (Phi) is 3.81. The van der Waals surface area contributed by atoms with E-state index in [0.717, 1.165) is 16.5 Å². The van der Waals surface area contributed by atoms with Crippen molar-refractivity contribution in [3.8, 4) is 0 Å². The molecule has 25 heavy (non-hydrogen) atoms. The largest absolute Gasteiger partial charge is 0.350 e. The molecule has 0 atom stereocenters. The number of halogens is 1. The van der Waals surface area contributed by atoms with Crippen LogP contribution in [0.2, 0.25) is 5.02 Å². The van der Waals surface area contributed by atoms with Gasteiger partial charge in [0.2, 0.25) is 0 Å². The van der Waals surface area contributed by atoms with Crippen LogP contribution in [0.25, 0.3) is 10.9 Å². The molecule has 0 aliphatic carbocycles. The lowest BCUT2D eigenvalue weighted by Gasteiger charge is -2.00. The van der Waals surface area contributed by atoms with Gasteiger partial charge in [-0.1, -0.05) is 29.8 Å². The molecule has 0 saturated heterocycles. The van der Waals surface area contributed by atoms with Crippen molar-refractivity contribution in [1.29, 1.82) is 0 Å². The third-order valence-electron chi connectivity index (χ3n) is 4.35. The van der Waals surface area contributed by atoms with E-state index in [-0.39, 0.29) is 4.90 Å². The second kappa shape index (κ2) is 5.89. The summed E-state index contributed by atoms with van der Waals surface area (Å²) < 4.78 is 28.8. The van der Waals surface area contributed by atoms with E-state index in [4.69, 9.17) is 11.6 Å². The van der Waals surface area contributed by atoms with E-state index < -0.39 is 10.0 Å². The van der Waals surface area contributed by atoms with Gasteiger partial charge in [0.1, 0.15) is 5.84 Å². The van der Waals surface area contributed by atoms with E-state index in [1.807, 2.05) is 35.9 Å². The fourth-order valence-electron chi connectivity index (χ4n) is 3.18. The molecular weight excluding hydrogens is 358 g/mol. The van der Waals surface area contributed by atoms with E-state index in [9.17, 15) is 8.42 Å². The molecule has 1 aromatic heterocycles. The van der Waals surface area contributed by atoms with E-state index in [1.54, 1.807) is 18.2 Å². The van der Waals surface area contributed by atoms with Gasteiger partial charge in [0.05, 0.1) is 4.90 Å². The minimum atomic E-state index is -3.48. The number of benzene rings is 2. The van der Waals surface area contributed by atoms with E-state index >= 15 is 0 Å². The van der Waals surface area contributed by atoms with Crippen LogP contribution in [0.3, 0.4) is 0 Å². The number of aliphatic imine (C=N–C) groups is 1. The van der Waals surface area contributed by atoms with Crippen molar-refractivity contribution in [1.82, 2.24) is 9.29 Å². The first-order valence-corrected chi connectivity index (χ1v) is 9.72. The number of hydrogen-bond donors (Lipinski definition) is 1. The molecular formula is C18H16ClN3O2S. The average molecular weight is 374 g/mol. The van der Waals surface area contributed by atoms with Gasteiger partial charge in [0, 0.05) is 41.3 Å². The lowest BCUT2D eigenvalue weighted by Crippen LogP contribution is -2.22. The summed E-state index contributed by atoms with van der Waals surface area (Å²) >= 11 is 6.06. The molecule has 5 nitrogen and oxygen atoms in total. The van der Waals surface area contributed by atoms with Gasteiger partial charge in [0.15, 0.2) is 0 Å². The quantitative estimate of drug-likeness (QED) is 0.766.